The van der Waals surface area contributed by atoms with E-state index in [0.29, 0.717) is 41.5 Å². The third-order valence-electron chi connectivity index (χ3n) is 16.5. The Morgan fingerprint density at radius 1 is 0.190 bits per heavy atom. The topological polar surface area (TPSA) is 216 Å². The lowest BCUT2D eigenvalue weighted by atomic mass is 10.4. The van der Waals surface area contributed by atoms with Gasteiger partial charge < -0.3 is 65.8 Å². The summed E-state index contributed by atoms with van der Waals surface area (Å²) in [6, 6.07) is 74.1. The molecule has 0 radical (unpaired) electrons. The van der Waals surface area contributed by atoms with Crippen molar-refractivity contribution in [2.45, 2.75) is 105 Å². The molecule has 1 heterocycles. The number of hydrogen-bond acceptors (Lipinski definition) is 20. The molecule has 8 aromatic rings. The number of rotatable bonds is 24. The van der Waals surface area contributed by atoms with Crippen molar-refractivity contribution < 1.29 is 83.7 Å². The predicted octanol–water partition coefficient (Wildman–Crippen LogP) is 8.57. The maximum absolute atomic E-state index is 16.6. The van der Waals surface area contributed by atoms with Gasteiger partial charge in [0.1, 0.15) is 0 Å². The molecule has 0 spiro atoms. The van der Waals surface area contributed by atoms with Crippen LogP contribution in [-0.4, -0.2) is 139 Å². The predicted molar refractivity (Wildman–Crippen MR) is 415 cm³/mol. The minimum atomic E-state index is -5.59. The Bertz CT molecular complexity index is 3280. The Balaban J connectivity index is 1.37. The summed E-state index contributed by atoms with van der Waals surface area (Å²) >= 11 is 0. The van der Waals surface area contributed by atoms with Gasteiger partial charge in [0.05, 0.1) is 0 Å². The van der Waals surface area contributed by atoms with Crippen molar-refractivity contribution in [3.05, 3.63) is 243 Å². The first-order valence-corrected chi connectivity index (χ1v) is 67.3. The van der Waals surface area contributed by atoms with Gasteiger partial charge in [-0.05, 0) is 146 Å². The first-order valence-electron chi connectivity index (χ1n) is 32.6. The summed E-state index contributed by atoms with van der Waals surface area (Å²) in [5.41, 5.74) is 0. The molecule has 0 atom stereocenters. The van der Waals surface area contributed by atoms with Crippen molar-refractivity contribution in [1.29, 1.82) is 0 Å². The zero-order valence-electron chi connectivity index (χ0n) is 59.3. The van der Waals surface area contributed by atoms with E-state index in [1.165, 1.54) is 0 Å². The molecule has 8 aromatic carbocycles. The van der Waals surface area contributed by atoms with Crippen LogP contribution in [0.3, 0.4) is 0 Å². The molecule has 20 nitrogen and oxygen atoms in total. The maximum Gasteiger partial charge on any atom is 0.778 e. The monoisotopic (exact) mass is 1620 g/mol. The molecule has 0 saturated carbocycles. The molecule has 1 aliphatic heterocycles. The summed E-state index contributed by atoms with van der Waals surface area (Å²) in [5, 5.41) is 5.56. The van der Waals surface area contributed by atoms with E-state index < -0.39 is 139 Å². The Hall–Kier alpha value is -5.49. The molecule has 0 N–H and O–H groups in total. The van der Waals surface area contributed by atoms with Crippen molar-refractivity contribution in [2.75, 3.05) is 0 Å². The third-order valence-corrected chi connectivity index (χ3v) is 67.9. The Morgan fingerprint density at radius 2 is 0.280 bits per heavy atom. The summed E-state index contributed by atoms with van der Waals surface area (Å²) in [7, 11) is -68.9. The molecule has 9 rings (SSSR count). The van der Waals surface area contributed by atoms with E-state index in [2.05, 4.69) is 0 Å². The van der Waals surface area contributed by atoms with Gasteiger partial charge in [0.2, 0.25) is 66.5 Å². The normalized spacial score (nSPS) is 16.6. The van der Waals surface area contributed by atoms with Crippen LogP contribution in [-0.2, 0) is 83.7 Å². The Kier molecular flexibility index (Phi) is 25.0. The second-order valence-corrected chi connectivity index (χ2v) is 75.5. The molecule has 528 valence electrons. The number of benzene rings is 8. The highest BCUT2D eigenvalue weighted by molar-refractivity contribution is 6.99. The van der Waals surface area contributed by atoms with Gasteiger partial charge >= 0.3 is 72.9 Å². The fraction of sp³-hybridized carbons (Fsp3) is 0.250. The van der Waals surface area contributed by atoms with Crippen molar-refractivity contribution in [3.8, 4) is 0 Å². The molecular weight excluding hydrogens is 1540 g/mol. The lowest BCUT2D eigenvalue weighted by Gasteiger charge is -2.42. The first-order chi connectivity index (χ1) is 46.9. The van der Waals surface area contributed by atoms with Gasteiger partial charge in [0.15, 0.2) is 0 Å². The lowest BCUT2D eigenvalue weighted by Crippen LogP contribution is -2.72. The van der Waals surface area contributed by atoms with Crippen LogP contribution in [0.4, 0.5) is 0 Å². The molecule has 0 aromatic heterocycles. The minimum Gasteiger partial charge on any atom is -0.481 e. The van der Waals surface area contributed by atoms with Crippen LogP contribution in [0.5, 0.6) is 0 Å². The summed E-state index contributed by atoms with van der Waals surface area (Å²) in [6.07, 6.45) is 0. The molecule has 0 amide bonds. The van der Waals surface area contributed by atoms with Gasteiger partial charge in [-0.2, -0.15) is 0 Å². The average Bonchev–Trinajstić information content (AvgIpc) is 0.842. The maximum atomic E-state index is 16.6. The van der Waals surface area contributed by atoms with Gasteiger partial charge in [-0.15, -0.1) is 0 Å². The van der Waals surface area contributed by atoms with Gasteiger partial charge in [-0.25, -0.2) is 0 Å². The lowest BCUT2D eigenvalue weighted by molar-refractivity contribution is 0.0674. The van der Waals surface area contributed by atoms with Crippen LogP contribution in [0.2, 0.25) is 105 Å². The van der Waals surface area contributed by atoms with Crippen LogP contribution in [0.15, 0.2) is 243 Å². The summed E-state index contributed by atoms with van der Waals surface area (Å²) in [5.74, 6) is 0. The van der Waals surface area contributed by atoms with E-state index >= 15 is 17.8 Å². The second-order valence-electron chi connectivity index (χ2n) is 27.6. The molecule has 0 aliphatic carbocycles. The fourth-order valence-corrected chi connectivity index (χ4v) is 64.5. The standard InChI is InChI=1S/C64H88O20Si16/c1-89(2,57-41-25-17-26-42-57)77-97(78-90(3,4)58-43-27-18-28-44-58)69-85(65)71-98(79-91(5,6)59-45-29-19-30-46-59,80-92(7,8)60-47-31-20-32-48-60)73-87(67)75-100(83-95(13,14)63-53-37-23-38-54-63,84-96(15,16)64-55-39-24-40-56-64)76-88(68)74-99(72-86(66)70-97,81-93(9,10)61-49-33-21-34-50-61)82-94(11,12)62-51-35-22-36-52-62/h17-56H,1-16H3. The van der Waals surface area contributed by atoms with Crippen LogP contribution < -0.4 is 41.5 Å². The van der Waals surface area contributed by atoms with Crippen molar-refractivity contribution in [1.82, 2.24) is 0 Å². The Labute approximate surface area is 607 Å². The summed E-state index contributed by atoms with van der Waals surface area (Å²) < 4.78 is 181. The number of hydrogen-bond donors (Lipinski definition) is 0. The zero-order valence-corrected chi connectivity index (χ0v) is 75.3. The highest BCUT2D eigenvalue weighted by atomic mass is 28.6. The van der Waals surface area contributed by atoms with E-state index in [9.17, 15) is 0 Å². The third kappa shape index (κ3) is 20.5. The molecule has 1 aliphatic rings. The van der Waals surface area contributed by atoms with E-state index in [1.807, 2.05) is 347 Å². The molecular formula is C64H88O20Si16. The quantitative estimate of drug-likeness (QED) is 0.0518. The average molecular weight is 1630 g/mol. The van der Waals surface area contributed by atoms with E-state index in [-0.39, 0.29) is 0 Å². The van der Waals surface area contributed by atoms with Crippen LogP contribution in [0.25, 0.3) is 0 Å². The SMILES string of the molecule is C[Si](C)(O[Si]1(O[Si](C)(C)c2ccccc2)O[Si](=O)O[Si](O[Si](C)(C)c2ccccc2)(O[Si](C)(C)c2ccccc2)O[Si](=O)O[Si](O[Si](C)(C)c2ccccc2)(O[Si](C)(C)c2ccccc2)O[Si](=O)O[Si](O[Si](C)(C)c2ccccc2)(O[Si](C)(C)c2ccccc2)O[Si](=O)O1)c1ccccc1. The molecule has 0 unspecified atom stereocenters. The van der Waals surface area contributed by atoms with Crippen molar-refractivity contribution >= 4 is 181 Å². The smallest absolute Gasteiger partial charge is 0.481 e. The van der Waals surface area contributed by atoms with E-state index in [1.54, 1.807) is 0 Å². The Morgan fingerprint density at radius 3 is 0.370 bits per heavy atom. The van der Waals surface area contributed by atoms with Gasteiger partial charge in [0.25, 0.3) is 0 Å². The molecule has 1 saturated heterocycles. The summed E-state index contributed by atoms with van der Waals surface area (Å²) in [6.45, 7) is 29.6. The van der Waals surface area contributed by atoms with Crippen LogP contribution in [0, 0.1) is 0 Å². The molecule has 36 heteroatoms. The largest absolute Gasteiger partial charge is 0.778 e. The zero-order chi connectivity index (χ0) is 72.5. The highest BCUT2D eigenvalue weighted by Crippen LogP contribution is 2.33. The molecule has 1 fully saturated rings. The van der Waals surface area contributed by atoms with Gasteiger partial charge in [-0.1, -0.05) is 243 Å². The van der Waals surface area contributed by atoms with Crippen LogP contribution in [0.1, 0.15) is 0 Å². The van der Waals surface area contributed by atoms with Crippen molar-refractivity contribution in [2.24, 2.45) is 0 Å². The van der Waals surface area contributed by atoms with Crippen molar-refractivity contribution in [3.63, 3.8) is 0 Å². The highest BCUT2D eigenvalue weighted by Gasteiger charge is 2.71. The minimum absolute atomic E-state index is 0.695. The van der Waals surface area contributed by atoms with E-state index in [4.69, 9.17) is 65.8 Å². The molecule has 100 heavy (non-hydrogen) atoms. The first kappa shape index (κ1) is 78.6. The van der Waals surface area contributed by atoms with Gasteiger partial charge in [0, 0.05) is 0 Å². The van der Waals surface area contributed by atoms with E-state index in [0.717, 1.165) is 0 Å². The van der Waals surface area contributed by atoms with Crippen LogP contribution >= 0.6 is 0 Å². The fourth-order valence-electron chi connectivity index (χ4n) is 11.1. The van der Waals surface area contributed by atoms with Gasteiger partial charge in [-0.3, -0.25) is 17.8 Å². The second kappa shape index (κ2) is 31.9. The molecule has 0 bridgehead atoms. The summed E-state index contributed by atoms with van der Waals surface area (Å²) in [4.78, 5) is 0.